The molecule has 1 aromatic heterocycles. The Hall–Kier alpha value is -0.900. The van der Waals surface area contributed by atoms with E-state index in [0.717, 1.165) is 12.8 Å². The van der Waals surface area contributed by atoms with E-state index in [0.29, 0.717) is 11.6 Å². The zero-order valence-corrected chi connectivity index (χ0v) is 10.3. The van der Waals surface area contributed by atoms with E-state index < -0.39 is 0 Å². The second-order valence-corrected chi connectivity index (χ2v) is 4.43. The summed E-state index contributed by atoms with van der Waals surface area (Å²) in [5, 5.41) is 4.76. The van der Waals surface area contributed by atoms with Gasteiger partial charge in [-0.1, -0.05) is 26.7 Å². The van der Waals surface area contributed by atoms with Crippen molar-refractivity contribution in [1.82, 2.24) is 10.3 Å². The van der Waals surface area contributed by atoms with E-state index in [4.69, 9.17) is 0 Å². The van der Waals surface area contributed by atoms with Gasteiger partial charge in [0.15, 0.2) is 0 Å². The Morgan fingerprint density at radius 2 is 2.20 bits per heavy atom. The summed E-state index contributed by atoms with van der Waals surface area (Å²) in [5.74, 6) is 0.489. The lowest BCUT2D eigenvalue weighted by Gasteiger charge is -2.21. The average Bonchev–Trinajstić information content (AvgIpc) is 2.72. The number of thiazole rings is 1. The Morgan fingerprint density at radius 1 is 1.53 bits per heavy atom. The summed E-state index contributed by atoms with van der Waals surface area (Å²) < 4.78 is 0. The number of hydrogen-bond donors (Lipinski definition) is 1. The van der Waals surface area contributed by atoms with Crippen molar-refractivity contribution in [2.75, 3.05) is 0 Å². The van der Waals surface area contributed by atoms with Crippen LogP contribution in [0.25, 0.3) is 0 Å². The lowest BCUT2D eigenvalue weighted by atomic mass is 9.95. The van der Waals surface area contributed by atoms with Crippen molar-refractivity contribution < 1.29 is 4.79 Å². The molecule has 4 heteroatoms. The first-order valence-corrected chi connectivity index (χ1v) is 6.32. The molecule has 1 aromatic rings. The minimum atomic E-state index is -0.0596. The highest BCUT2D eigenvalue weighted by Gasteiger charge is 2.17. The molecular formula is C11H18N2OS. The first-order valence-electron chi connectivity index (χ1n) is 5.38. The van der Waals surface area contributed by atoms with Gasteiger partial charge in [-0.15, -0.1) is 11.3 Å². The van der Waals surface area contributed by atoms with Gasteiger partial charge >= 0.3 is 0 Å². The monoisotopic (exact) mass is 226 g/mol. The fourth-order valence-electron chi connectivity index (χ4n) is 1.72. The molecule has 0 aliphatic rings. The molecule has 0 saturated carbocycles. The Kier molecular flexibility index (Phi) is 4.75. The summed E-state index contributed by atoms with van der Waals surface area (Å²) in [6.07, 6.45) is 2.18. The van der Waals surface area contributed by atoms with Crippen molar-refractivity contribution in [2.24, 2.45) is 5.92 Å². The van der Waals surface area contributed by atoms with Crippen LogP contribution in [-0.2, 0) is 0 Å². The molecule has 0 bridgehead atoms. The van der Waals surface area contributed by atoms with Gasteiger partial charge in [0.05, 0.1) is 5.51 Å². The summed E-state index contributed by atoms with van der Waals surface area (Å²) >= 11 is 1.44. The highest BCUT2D eigenvalue weighted by atomic mass is 32.1. The zero-order valence-electron chi connectivity index (χ0n) is 9.49. The van der Waals surface area contributed by atoms with Crippen LogP contribution in [0.1, 0.15) is 44.1 Å². The molecule has 0 spiro atoms. The van der Waals surface area contributed by atoms with Crippen molar-refractivity contribution >= 4 is 17.2 Å². The van der Waals surface area contributed by atoms with Crippen molar-refractivity contribution in [3.8, 4) is 0 Å². The largest absolute Gasteiger partial charge is 0.348 e. The Morgan fingerprint density at radius 3 is 2.67 bits per heavy atom. The Labute approximate surface area is 94.9 Å². The van der Waals surface area contributed by atoms with E-state index >= 15 is 0 Å². The molecule has 1 unspecified atom stereocenters. The molecule has 1 heterocycles. The number of nitrogens with one attached hydrogen (secondary N) is 1. The molecule has 0 fully saturated rings. The number of rotatable bonds is 5. The van der Waals surface area contributed by atoms with Crippen LogP contribution in [0.2, 0.25) is 0 Å². The predicted octanol–water partition coefficient (Wildman–Crippen LogP) is 2.70. The summed E-state index contributed by atoms with van der Waals surface area (Å²) in [7, 11) is 0. The molecule has 0 aliphatic heterocycles. The van der Waals surface area contributed by atoms with Crippen molar-refractivity contribution in [3.05, 3.63) is 16.6 Å². The molecular weight excluding hydrogens is 208 g/mol. The van der Waals surface area contributed by atoms with Crippen molar-refractivity contribution in [1.29, 1.82) is 0 Å². The Bertz CT molecular complexity index is 294. The third-order valence-corrected chi connectivity index (χ3v) is 3.37. The first kappa shape index (κ1) is 12.2. The van der Waals surface area contributed by atoms with Gasteiger partial charge in [0, 0.05) is 11.4 Å². The van der Waals surface area contributed by atoms with Crippen LogP contribution >= 0.6 is 11.3 Å². The summed E-state index contributed by atoms with van der Waals surface area (Å²) in [6, 6.07) is 0.217. The van der Waals surface area contributed by atoms with Gasteiger partial charge in [-0.2, -0.15) is 0 Å². The number of hydrogen-bond acceptors (Lipinski definition) is 3. The maximum atomic E-state index is 11.7. The third kappa shape index (κ3) is 3.30. The highest BCUT2D eigenvalue weighted by molar-refractivity contribution is 7.07. The second-order valence-electron chi connectivity index (χ2n) is 3.71. The van der Waals surface area contributed by atoms with Crippen LogP contribution in [0.4, 0.5) is 0 Å². The number of carbonyl (C=O) groups excluding carboxylic acids is 1. The summed E-state index contributed by atoms with van der Waals surface area (Å²) in [4.78, 5) is 15.7. The maximum absolute atomic E-state index is 11.7. The highest BCUT2D eigenvalue weighted by Crippen LogP contribution is 2.13. The van der Waals surface area contributed by atoms with Crippen LogP contribution in [-0.4, -0.2) is 16.9 Å². The van der Waals surface area contributed by atoms with Crippen molar-refractivity contribution in [2.45, 2.75) is 39.7 Å². The van der Waals surface area contributed by atoms with Crippen LogP contribution in [0, 0.1) is 5.92 Å². The molecule has 84 valence electrons. The minimum absolute atomic E-state index is 0.0596. The molecule has 15 heavy (non-hydrogen) atoms. The smallest absolute Gasteiger partial charge is 0.270 e. The molecule has 3 nitrogen and oxygen atoms in total. The number of carbonyl (C=O) groups is 1. The topological polar surface area (TPSA) is 42.0 Å². The van der Waals surface area contributed by atoms with E-state index in [1.165, 1.54) is 11.3 Å². The Balaban J connectivity index is 2.51. The third-order valence-electron chi connectivity index (χ3n) is 2.78. The number of aromatic nitrogens is 1. The van der Waals surface area contributed by atoms with Crippen LogP contribution in [0.5, 0.6) is 0 Å². The molecule has 0 radical (unpaired) electrons. The lowest BCUT2D eigenvalue weighted by molar-refractivity contribution is 0.0921. The average molecular weight is 226 g/mol. The van der Waals surface area contributed by atoms with E-state index in [-0.39, 0.29) is 11.9 Å². The van der Waals surface area contributed by atoms with Gasteiger partial charge in [0.25, 0.3) is 5.91 Å². The molecule has 1 N–H and O–H groups in total. The SMILES string of the molecule is CCC(CC)C(C)NC(=O)c1cscn1. The fraction of sp³-hybridized carbons (Fsp3) is 0.636. The van der Waals surface area contributed by atoms with Crippen LogP contribution < -0.4 is 5.32 Å². The van der Waals surface area contributed by atoms with Crippen molar-refractivity contribution in [3.63, 3.8) is 0 Å². The molecule has 0 aromatic carbocycles. The van der Waals surface area contributed by atoms with Gasteiger partial charge in [-0.25, -0.2) is 4.98 Å². The van der Waals surface area contributed by atoms with E-state index in [9.17, 15) is 4.79 Å². The molecule has 0 saturated heterocycles. The number of amides is 1. The lowest BCUT2D eigenvalue weighted by Crippen LogP contribution is -2.37. The van der Waals surface area contributed by atoms with Gasteiger partial charge in [-0.3, -0.25) is 4.79 Å². The minimum Gasteiger partial charge on any atom is -0.348 e. The summed E-state index contributed by atoms with van der Waals surface area (Å²) in [5.41, 5.74) is 2.20. The van der Waals surface area contributed by atoms with E-state index in [2.05, 4.69) is 31.1 Å². The second kappa shape index (κ2) is 5.85. The van der Waals surface area contributed by atoms with E-state index in [1.54, 1.807) is 10.9 Å². The molecule has 0 aliphatic carbocycles. The zero-order chi connectivity index (χ0) is 11.3. The molecule has 1 atom stereocenters. The van der Waals surface area contributed by atoms with Crippen LogP contribution in [0.3, 0.4) is 0 Å². The van der Waals surface area contributed by atoms with Gasteiger partial charge in [0.2, 0.25) is 0 Å². The maximum Gasteiger partial charge on any atom is 0.270 e. The molecule has 1 rings (SSSR count). The van der Waals surface area contributed by atoms with E-state index in [1.807, 2.05) is 0 Å². The van der Waals surface area contributed by atoms with Gasteiger partial charge in [0.1, 0.15) is 5.69 Å². The predicted molar refractivity (Wildman–Crippen MR) is 63.1 cm³/mol. The van der Waals surface area contributed by atoms with Crippen LogP contribution in [0.15, 0.2) is 10.9 Å². The van der Waals surface area contributed by atoms with Gasteiger partial charge < -0.3 is 5.32 Å². The standard InChI is InChI=1S/C11H18N2OS/c1-4-9(5-2)8(3)13-11(14)10-6-15-7-12-10/h6-9H,4-5H2,1-3H3,(H,13,14). The first-order chi connectivity index (χ1) is 7.19. The summed E-state index contributed by atoms with van der Waals surface area (Å²) in [6.45, 7) is 6.36. The fourth-order valence-corrected chi connectivity index (χ4v) is 2.25. The normalized spacial score (nSPS) is 12.8. The molecule has 1 amide bonds. The quantitative estimate of drug-likeness (QED) is 0.838. The van der Waals surface area contributed by atoms with Gasteiger partial charge in [-0.05, 0) is 12.8 Å². The number of nitrogens with zero attached hydrogens (tertiary/aromatic N) is 1.